The van der Waals surface area contributed by atoms with E-state index in [-0.39, 0.29) is 16.7 Å². The molecule has 0 N–H and O–H groups in total. The molecule has 2 aromatic heterocycles. The van der Waals surface area contributed by atoms with Crippen LogP contribution in [0.2, 0.25) is 0 Å². The molecular weight excluding hydrogens is 386 g/mol. The van der Waals surface area contributed by atoms with E-state index in [1.54, 1.807) is 11.6 Å². The predicted molar refractivity (Wildman–Crippen MR) is 127 cm³/mol. The second-order valence-corrected chi connectivity index (χ2v) is 9.12. The Labute approximate surface area is 182 Å². The van der Waals surface area contributed by atoms with Gasteiger partial charge in [-0.2, -0.15) is 0 Å². The van der Waals surface area contributed by atoms with Crippen LogP contribution in [-0.2, 0) is 25.9 Å². The number of fused-ring (bicyclic) bond motifs is 1. The van der Waals surface area contributed by atoms with E-state index in [1.165, 1.54) is 22.7 Å². The SMILES string of the molecule is CCc1ccccc1-n1cc2c(c1-c1ccc(C(C)(C)C)cc1)c(=O)n(C)c(=O)n2C. The second-order valence-electron chi connectivity index (χ2n) is 9.12. The molecule has 0 atom stereocenters. The van der Waals surface area contributed by atoms with Gasteiger partial charge in [-0.25, -0.2) is 4.79 Å². The minimum absolute atomic E-state index is 0.0391. The molecule has 0 aliphatic carbocycles. The zero-order valence-electron chi connectivity index (χ0n) is 19.1. The lowest BCUT2D eigenvalue weighted by molar-refractivity contribution is 0.590. The van der Waals surface area contributed by atoms with E-state index >= 15 is 0 Å². The van der Waals surface area contributed by atoms with E-state index in [0.29, 0.717) is 10.9 Å². The first-order valence-electron chi connectivity index (χ1n) is 10.7. The fourth-order valence-corrected chi connectivity index (χ4v) is 4.19. The van der Waals surface area contributed by atoms with Crippen molar-refractivity contribution in [2.24, 2.45) is 14.1 Å². The van der Waals surface area contributed by atoms with Crippen molar-refractivity contribution in [1.29, 1.82) is 0 Å². The lowest BCUT2D eigenvalue weighted by atomic mass is 9.86. The van der Waals surface area contributed by atoms with Crippen LogP contribution < -0.4 is 11.2 Å². The van der Waals surface area contributed by atoms with Crippen LogP contribution in [0.4, 0.5) is 0 Å². The molecule has 0 aliphatic rings. The van der Waals surface area contributed by atoms with Crippen LogP contribution in [-0.4, -0.2) is 13.7 Å². The first-order chi connectivity index (χ1) is 14.6. The van der Waals surface area contributed by atoms with E-state index < -0.39 is 0 Å². The molecule has 4 aromatic rings. The molecule has 0 saturated heterocycles. The summed E-state index contributed by atoms with van der Waals surface area (Å²) in [6.45, 7) is 8.67. The summed E-state index contributed by atoms with van der Waals surface area (Å²) in [6.07, 6.45) is 2.78. The molecule has 0 aliphatic heterocycles. The number of hydrogen-bond acceptors (Lipinski definition) is 2. The fraction of sp³-hybridized carbons (Fsp3) is 0.308. The summed E-state index contributed by atoms with van der Waals surface area (Å²) in [5, 5.41) is 0.555. The predicted octanol–water partition coefficient (Wildman–Crippen LogP) is 4.55. The van der Waals surface area contributed by atoms with Crippen LogP contribution in [0.25, 0.3) is 27.8 Å². The lowest BCUT2D eigenvalue weighted by Gasteiger charge is -2.20. The summed E-state index contributed by atoms with van der Waals surface area (Å²) in [4.78, 5) is 25.8. The van der Waals surface area contributed by atoms with E-state index in [0.717, 1.165) is 23.4 Å². The van der Waals surface area contributed by atoms with Gasteiger partial charge < -0.3 is 4.57 Å². The largest absolute Gasteiger partial charge is 0.330 e. The number of nitrogens with zero attached hydrogens (tertiary/aromatic N) is 3. The van der Waals surface area contributed by atoms with Crippen LogP contribution in [0.5, 0.6) is 0 Å². The summed E-state index contributed by atoms with van der Waals surface area (Å²) in [5.41, 5.74) is 5.26. The van der Waals surface area contributed by atoms with Gasteiger partial charge in [-0.05, 0) is 34.6 Å². The molecule has 0 unspecified atom stereocenters. The van der Waals surface area contributed by atoms with Gasteiger partial charge in [0, 0.05) is 26.0 Å². The van der Waals surface area contributed by atoms with Crippen molar-refractivity contribution in [1.82, 2.24) is 13.7 Å². The maximum absolute atomic E-state index is 13.3. The van der Waals surface area contributed by atoms with Gasteiger partial charge in [-0.3, -0.25) is 13.9 Å². The van der Waals surface area contributed by atoms with Crippen molar-refractivity contribution in [3.05, 3.63) is 86.7 Å². The Kier molecular flexibility index (Phi) is 5.00. The third kappa shape index (κ3) is 3.34. The Morgan fingerprint density at radius 3 is 2.13 bits per heavy atom. The first-order valence-corrected chi connectivity index (χ1v) is 10.7. The van der Waals surface area contributed by atoms with Crippen LogP contribution in [0, 0.1) is 0 Å². The highest BCUT2D eigenvalue weighted by atomic mass is 16.2. The molecule has 0 saturated carbocycles. The van der Waals surface area contributed by atoms with Gasteiger partial charge in [0.15, 0.2) is 0 Å². The van der Waals surface area contributed by atoms with Gasteiger partial charge in [-0.1, -0.05) is 70.2 Å². The number of aryl methyl sites for hydroxylation is 2. The fourth-order valence-electron chi connectivity index (χ4n) is 4.19. The molecule has 5 nitrogen and oxygen atoms in total. The highest BCUT2D eigenvalue weighted by Crippen LogP contribution is 2.33. The summed E-state index contributed by atoms with van der Waals surface area (Å²) in [5.74, 6) is 0. The Balaban J connectivity index is 2.14. The molecule has 0 spiro atoms. The summed E-state index contributed by atoms with van der Waals surface area (Å²) in [7, 11) is 3.25. The molecule has 0 amide bonds. The van der Waals surface area contributed by atoms with Gasteiger partial charge in [0.05, 0.1) is 16.6 Å². The van der Waals surface area contributed by atoms with E-state index in [1.807, 2.05) is 18.3 Å². The average molecular weight is 416 g/mol. The van der Waals surface area contributed by atoms with Crippen molar-refractivity contribution in [2.45, 2.75) is 39.5 Å². The highest BCUT2D eigenvalue weighted by molar-refractivity contribution is 5.95. The van der Waals surface area contributed by atoms with E-state index in [9.17, 15) is 9.59 Å². The van der Waals surface area contributed by atoms with Crippen molar-refractivity contribution >= 4 is 10.9 Å². The minimum atomic E-state index is -0.326. The number of rotatable bonds is 3. The molecular formula is C26H29N3O2. The molecule has 2 aromatic carbocycles. The minimum Gasteiger partial charge on any atom is -0.313 e. The second kappa shape index (κ2) is 7.41. The third-order valence-electron chi connectivity index (χ3n) is 6.10. The van der Waals surface area contributed by atoms with Gasteiger partial charge in [0.25, 0.3) is 5.56 Å². The molecule has 5 heteroatoms. The highest BCUT2D eigenvalue weighted by Gasteiger charge is 2.22. The van der Waals surface area contributed by atoms with Gasteiger partial charge in [-0.15, -0.1) is 0 Å². The number of benzene rings is 2. The maximum atomic E-state index is 13.3. The van der Waals surface area contributed by atoms with E-state index in [4.69, 9.17) is 0 Å². The maximum Gasteiger partial charge on any atom is 0.330 e. The average Bonchev–Trinajstić information content (AvgIpc) is 3.16. The Morgan fingerprint density at radius 1 is 0.871 bits per heavy atom. The molecule has 2 heterocycles. The van der Waals surface area contributed by atoms with Crippen LogP contribution in [0.15, 0.2) is 64.3 Å². The number of para-hydroxylation sites is 1. The summed E-state index contributed by atoms with van der Waals surface area (Å²) in [6, 6.07) is 16.6. The normalized spacial score (nSPS) is 11.9. The zero-order valence-corrected chi connectivity index (χ0v) is 19.1. The molecule has 0 radical (unpaired) electrons. The quantitative estimate of drug-likeness (QED) is 0.493. The van der Waals surface area contributed by atoms with Crippen molar-refractivity contribution in [3.8, 4) is 16.9 Å². The first kappa shape index (κ1) is 20.9. The Hall–Kier alpha value is -3.34. The third-order valence-corrected chi connectivity index (χ3v) is 6.10. The van der Waals surface area contributed by atoms with Crippen molar-refractivity contribution < 1.29 is 0 Å². The van der Waals surface area contributed by atoms with Gasteiger partial charge in [0.1, 0.15) is 0 Å². The molecule has 160 valence electrons. The van der Waals surface area contributed by atoms with Crippen LogP contribution in [0.3, 0.4) is 0 Å². The standard InChI is InChI=1S/C26H29N3O2/c1-7-17-10-8-9-11-20(17)29-16-21-22(24(30)28(6)25(31)27(21)5)23(29)18-12-14-19(15-13-18)26(2,3)4/h8-16H,7H2,1-6H3. The monoisotopic (exact) mass is 415 g/mol. The molecule has 31 heavy (non-hydrogen) atoms. The Bertz CT molecular complexity index is 1390. The van der Waals surface area contributed by atoms with Crippen LogP contribution >= 0.6 is 0 Å². The lowest BCUT2D eigenvalue weighted by Crippen LogP contribution is -2.36. The van der Waals surface area contributed by atoms with E-state index in [2.05, 4.69) is 68.7 Å². The van der Waals surface area contributed by atoms with Crippen molar-refractivity contribution in [3.63, 3.8) is 0 Å². The molecule has 0 bridgehead atoms. The molecule has 4 rings (SSSR count). The molecule has 0 fully saturated rings. The Morgan fingerprint density at radius 2 is 1.52 bits per heavy atom. The smallest absolute Gasteiger partial charge is 0.313 e. The van der Waals surface area contributed by atoms with Gasteiger partial charge in [0.2, 0.25) is 0 Å². The van der Waals surface area contributed by atoms with Gasteiger partial charge >= 0.3 is 5.69 Å². The van der Waals surface area contributed by atoms with Crippen molar-refractivity contribution in [2.75, 3.05) is 0 Å². The van der Waals surface area contributed by atoms with Crippen LogP contribution in [0.1, 0.15) is 38.8 Å². The number of aromatic nitrogens is 3. The number of hydrogen-bond donors (Lipinski definition) is 0. The zero-order chi connectivity index (χ0) is 22.5. The summed E-state index contributed by atoms with van der Waals surface area (Å²) >= 11 is 0. The topological polar surface area (TPSA) is 48.9 Å². The summed E-state index contributed by atoms with van der Waals surface area (Å²) < 4.78 is 4.80.